The van der Waals surface area contributed by atoms with E-state index in [1.807, 2.05) is 29.2 Å². The molecule has 3 aromatic carbocycles. The summed E-state index contributed by atoms with van der Waals surface area (Å²) in [6.45, 7) is 2.62. The minimum Gasteiger partial charge on any atom is -0.495 e. The van der Waals surface area contributed by atoms with Gasteiger partial charge in [-0.2, -0.15) is 0 Å². The second kappa shape index (κ2) is 11.2. The topological polar surface area (TPSA) is 101 Å². The molecular weight excluding hydrogens is 516 g/mol. The van der Waals surface area contributed by atoms with Gasteiger partial charge in [0.1, 0.15) is 16.4 Å². The van der Waals surface area contributed by atoms with Crippen molar-refractivity contribution in [1.29, 1.82) is 0 Å². The van der Waals surface area contributed by atoms with Crippen molar-refractivity contribution in [3.63, 3.8) is 0 Å². The zero-order valence-corrected chi connectivity index (χ0v) is 22.6. The summed E-state index contributed by atoms with van der Waals surface area (Å²) in [5, 5.41) is 0.718. The molecule has 0 radical (unpaired) electrons. The summed E-state index contributed by atoms with van der Waals surface area (Å²) in [5.41, 5.74) is 2.04. The first-order valence-electron chi connectivity index (χ1n) is 12.6. The van der Waals surface area contributed by atoms with Gasteiger partial charge in [-0.15, -0.1) is 0 Å². The fourth-order valence-corrected chi connectivity index (χ4v) is 6.09. The number of aromatic nitrogens is 1. The van der Waals surface area contributed by atoms with Crippen molar-refractivity contribution in [2.75, 3.05) is 50.0 Å². The molecule has 0 aliphatic carbocycles. The summed E-state index contributed by atoms with van der Waals surface area (Å²) in [5.74, 6) is 0.922. The Morgan fingerprint density at radius 2 is 1.67 bits per heavy atom. The molecule has 10 heteroatoms. The van der Waals surface area contributed by atoms with Gasteiger partial charge in [-0.05, 0) is 48.9 Å². The molecule has 1 saturated heterocycles. The number of carbonyl (C=O) groups is 1. The summed E-state index contributed by atoms with van der Waals surface area (Å²) >= 11 is 0. The lowest BCUT2D eigenvalue weighted by atomic mass is 10.1. The highest BCUT2D eigenvalue weighted by Crippen LogP contribution is 2.31. The number of amides is 1. The molecule has 9 nitrogen and oxygen atoms in total. The normalized spacial score (nSPS) is 14.1. The van der Waals surface area contributed by atoms with E-state index >= 15 is 0 Å². The SMILES string of the molecule is COc1cc(C(=O)N2CCCN(c3ccccc3OC)CC2)ccc1NS(=O)(=O)c1cccc2cccnc12. The first kappa shape index (κ1) is 26.3. The Morgan fingerprint density at radius 1 is 0.872 bits per heavy atom. The minimum absolute atomic E-state index is 0.0620. The van der Waals surface area contributed by atoms with Gasteiger partial charge < -0.3 is 19.3 Å². The molecule has 1 amide bonds. The molecule has 2 heterocycles. The van der Waals surface area contributed by atoms with Gasteiger partial charge in [0.25, 0.3) is 15.9 Å². The number of carbonyl (C=O) groups excluding carboxylic acids is 1. The largest absolute Gasteiger partial charge is 0.495 e. The van der Waals surface area contributed by atoms with Gasteiger partial charge in [-0.25, -0.2) is 8.42 Å². The van der Waals surface area contributed by atoms with Crippen molar-refractivity contribution in [2.24, 2.45) is 0 Å². The third-order valence-electron chi connectivity index (χ3n) is 6.79. The first-order valence-corrected chi connectivity index (χ1v) is 14.1. The number of sulfonamides is 1. The summed E-state index contributed by atoms with van der Waals surface area (Å²) < 4.78 is 40.2. The molecule has 0 spiro atoms. The van der Waals surface area contributed by atoms with E-state index in [-0.39, 0.29) is 22.2 Å². The van der Waals surface area contributed by atoms with Gasteiger partial charge in [0.2, 0.25) is 0 Å². The lowest BCUT2D eigenvalue weighted by Gasteiger charge is -2.25. The van der Waals surface area contributed by atoms with Crippen LogP contribution >= 0.6 is 0 Å². The quantitative estimate of drug-likeness (QED) is 0.367. The molecular formula is C29H30N4O5S. The maximum absolute atomic E-state index is 13.4. The Balaban J connectivity index is 1.34. The zero-order chi connectivity index (χ0) is 27.4. The molecule has 1 aliphatic rings. The Bertz CT molecular complexity index is 1600. The molecule has 1 aromatic heterocycles. The number of ether oxygens (including phenoxy) is 2. The first-order chi connectivity index (χ1) is 18.9. The number of methoxy groups -OCH3 is 2. The summed E-state index contributed by atoms with van der Waals surface area (Å²) in [4.78, 5) is 21.8. The van der Waals surface area contributed by atoms with E-state index in [0.29, 0.717) is 30.7 Å². The van der Waals surface area contributed by atoms with Crippen LogP contribution in [-0.2, 0) is 10.0 Å². The van der Waals surface area contributed by atoms with Crippen LogP contribution < -0.4 is 19.1 Å². The van der Waals surface area contributed by atoms with Crippen molar-refractivity contribution in [3.8, 4) is 11.5 Å². The zero-order valence-electron chi connectivity index (χ0n) is 21.8. The van der Waals surface area contributed by atoms with E-state index < -0.39 is 10.0 Å². The van der Waals surface area contributed by atoms with Crippen LogP contribution in [0.3, 0.4) is 0 Å². The number of fused-ring (bicyclic) bond motifs is 1. The summed E-state index contributed by atoms with van der Waals surface area (Å²) in [6, 6.07) is 21.2. The van der Waals surface area contributed by atoms with Crippen molar-refractivity contribution in [1.82, 2.24) is 9.88 Å². The average molecular weight is 547 g/mol. The van der Waals surface area contributed by atoms with Crippen LogP contribution in [0.2, 0.25) is 0 Å². The standard InChI is InChI=1S/C29H30N4O5S/c1-37-25-11-4-3-10-24(25)32-16-7-17-33(19-18-32)29(34)22-13-14-23(26(20-22)38-2)31-39(35,36)27-12-5-8-21-9-6-15-30-28(21)27/h3-6,8-15,20,31H,7,16-19H2,1-2H3. The predicted molar refractivity (Wildman–Crippen MR) is 151 cm³/mol. The number of benzene rings is 3. The van der Waals surface area contributed by atoms with Crippen LogP contribution in [0.1, 0.15) is 16.8 Å². The van der Waals surface area contributed by atoms with E-state index in [2.05, 4.69) is 14.6 Å². The van der Waals surface area contributed by atoms with Crippen LogP contribution in [0.25, 0.3) is 10.9 Å². The van der Waals surface area contributed by atoms with E-state index in [9.17, 15) is 13.2 Å². The van der Waals surface area contributed by atoms with Gasteiger partial charge in [0.15, 0.2) is 0 Å². The molecule has 0 saturated carbocycles. The van der Waals surface area contributed by atoms with Crippen molar-refractivity contribution >= 4 is 38.2 Å². The number of pyridine rings is 1. The van der Waals surface area contributed by atoms with Crippen LogP contribution in [0.15, 0.2) is 83.9 Å². The molecule has 0 unspecified atom stereocenters. The fourth-order valence-electron chi connectivity index (χ4n) is 4.84. The molecule has 5 rings (SSSR count). The molecule has 202 valence electrons. The van der Waals surface area contributed by atoms with E-state index in [1.54, 1.807) is 55.8 Å². The smallest absolute Gasteiger partial charge is 0.264 e. The molecule has 0 bridgehead atoms. The highest BCUT2D eigenvalue weighted by molar-refractivity contribution is 7.93. The molecule has 0 atom stereocenters. The van der Waals surface area contributed by atoms with Crippen LogP contribution in [-0.4, -0.2) is 64.6 Å². The predicted octanol–water partition coefficient (Wildman–Crippen LogP) is 4.41. The van der Waals surface area contributed by atoms with E-state index in [1.165, 1.54) is 13.2 Å². The lowest BCUT2D eigenvalue weighted by molar-refractivity contribution is 0.0766. The van der Waals surface area contributed by atoms with Gasteiger partial charge in [-0.3, -0.25) is 14.5 Å². The number of hydrogen-bond donors (Lipinski definition) is 1. The summed E-state index contributed by atoms with van der Waals surface area (Å²) in [6.07, 6.45) is 2.36. The van der Waals surface area contributed by atoms with Gasteiger partial charge >= 0.3 is 0 Å². The van der Waals surface area contributed by atoms with Crippen molar-refractivity contribution in [3.05, 3.63) is 84.6 Å². The molecule has 1 fully saturated rings. The minimum atomic E-state index is -3.97. The monoisotopic (exact) mass is 546 g/mol. The fraction of sp³-hybridized carbons (Fsp3) is 0.241. The number of rotatable bonds is 7. The second-order valence-electron chi connectivity index (χ2n) is 9.16. The molecule has 1 N–H and O–H groups in total. The average Bonchev–Trinajstić information content (AvgIpc) is 3.23. The second-order valence-corrected chi connectivity index (χ2v) is 10.8. The number of para-hydroxylation sites is 3. The maximum Gasteiger partial charge on any atom is 0.264 e. The van der Waals surface area contributed by atoms with E-state index in [0.717, 1.165) is 29.8 Å². The Morgan fingerprint density at radius 3 is 2.49 bits per heavy atom. The Labute approximate surface area is 228 Å². The Hall–Kier alpha value is -4.31. The third kappa shape index (κ3) is 5.46. The number of nitrogens with zero attached hydrogens (tertiary/aromatic N) is 3. The van der Waals surface area contributed by atoms with E-state index in [4.69, 9.17) is 9.47 Å². The number of hydrogen-bond acceptors (Lipinski definition) is 7. The van der Waals surface area contributed by atoms with Gasteiger partial charge in [0, 0.05) is 43.3 Å². The number of nitrogens with one attached hydrogen (secondary N) is 1. The Kier molecular flexibility index (Phi) is 7.56. The van der Waals surface area contributed by atoms with Gasteiger partial charge in [0.05, 0.1) is 31.1 Å². The highest BCUT2D eigenvalue weighted by atomic mass is 32.2. The van der Waals surface area contributed by atoms with Crippen LogP contribution in [0.5, 0.6) is 11.5 Å². The maximum atomic E-state index is 13.4. The van der Waals surface area contributed by atoms with Crippen molar-refractivity contribution in [2.45, 2.75) is 11.3 Å². The van der Waals surface area contributed by atoms with Crippen molar-refractivity contribution < 1.29 is 22.7 Å². The van der Waals surface area contributed by atoms with Crippen LogP contribution in [0.4, 0.5) is 11.4 Å². The molecule has 1 aliphatic heterocycles. The highest BCUT2D eigenvalue weighted by Gasteiger charge is 2.24. The third-order valence-corrected chi connectivity index (χ3v) is 8.18. The number of anilines is 2. The lowest BCUT2D eigenvalue weighted by Crippen LogP contribution is -2.35. The van der Waals surface area contributed by atoms with Crippen LogP contribution in [0, 0.1) is 0 Å². The summed E-state index contributed by atoms with van der Waals surface area (Å²) in [7, 11) is -0.875. The molecule has 39 heavy (non-hydrogen) atoms. The molecule has 4 aromatic rings. The van der Waals surface area contributed by atoms with Gasteiger partial charge in [-0.1, -0.05) is 30.3 Å².